The monoisotopic (exact) mass is 332 g/mol. The number of ketones is 1. The lowest BCUT2D eigenvalue weighted by molar-refractivity contribution is -0.131. The summed E-state index contributed by atoms with van der Waals surface area (Å²) < 4.78 is 25.3. The zero-order valence-corrected chi connectivity index (χ0v) is 11.5. The molecule has 1 N–H and O–H groups in total. The van der Waals surface area contributed by atoms with E-state index in [0.717, 1.165) is 6.08 Å². The Hall–Kier alpha value is -1.56. The van der Waals surface area contributed by atoms with E-state index in [-0.39, 0.29) is 11.3 Å². The standard InChI is InChI=1S/C13H11BrF2O3/c1-7(17)12(14)10-6-9(13(15)16)3-2-8(10)4-5-11(18)19/h2-6,12-13H,1H3,(H,18,19). The normalized spacial score (nSPS) is 12.9. The third-order valence-electron chi connectivity index (χ3n) is 2.40. The van der Waals surface area contributed by atoms with Crippen LogP contribution in [0.15, 0.2) is 24.3 Å². The molecule has 1 atom stereocenters. The van der Waals surface area contributed by atoms with Gasteiger partial charge >= 0.3 is 5.97 Å². The summed E-state index contributed by atoms with van der Waals surface area (Å²) in [7, 11) is 0. The Balaban J connectivity index is 3.30. The van der Waals surface area contributed by atoms with Crippen LogP contribution in [0.4, 0.5) is 8.78 Å². The van der Waals surface area contributed by atoms with Crippen molar-refractivity contribution >= 4 is 33.8 Å². The highest BCUT2D eigenvalue weighted by Crippen LogP contribution is 2.31. The van der Waals surface area contributed by atoms with Gasteiger partial charge in [-0.15, -0.1) is 0 Å². The molecule has 1 unspecified atom stereocenters. The van der Waals surface area contributed by atoms with Gasteiger partial charge in [-0.1, -0.05) is 28.1 Å². The minimum Gasteiger partial charge on any atom is -0.478 e. The van der Waals surface area contributed by atoms with Gasteiger partial charge in [0.15, 0.2) is 0 Å². The Morgan fingerprint density at radius 3 is 2.47 bits per heavy atom. The van der Waals surface area contributed by atoms with Gasteiger partial charge in [0.05, 0.1) is 4.83 Å². The second-order valence-electron chi connectivity index (χ2n) is 3.83. The van der Waals surface area contributed by atoms with Gasteiger partial charge in [-0.25, -0.2) is 13.6 Å². The van der Waals surface area contributed by atoms with Crippen molar-refractivity contribution in [3.05, 3.63) is 41.0 Å². The van der Waals surface area contributed by atoms with Gasteiger partial charge in [0.2, 0.25) is 0 Å². The van der Waals surface area contributed by atoms with E-state index in [1.54, 1.807) is 0 Å². The van der Waals surface area contributed by atoms with Crippen LogP contribution < -0.4 is 0 Å². The summed E-state index contributed by atoms with van der Waals surface area (Å²) in [5, 5.41) is 8.57. The minimum atomic E-state index is -2.65. The smallest absolute Gasteiger partial charge is 0.328 e. The molecular formula is C13H11BrF2O3. The van der Waals surface area contributed by atoms with Crippen molar-refractivity contribution in [3.8, 4) is 0 Å². The van der Waals surface area contributed by atoms with Crippen molar-refractivity contribution in [3.63, 3.8) is 0 Å². The second kappa shape index (κ2) is 6.56. The maximum absolute atomic E-state index is 12.6. The van der Waals surface area contributed by atoms with Crippen LogP contribution in [0.25, 0.3) is 6.08 Å². The number of carboxylic acids is 1. The van der Waals surface area contributed by atoms with Crippen molar-refractivity contribution in [2.45, 2.75) is 18.2 Å². The summed E-state index contributed by atoms with van der Waals surface area (Å²) in [6, 6.07) is 3.77. The van der Waals surface area contributed by atoms with E-state index in [1.165, 1.54) is 31.2 Å². The van der Waals surface area contributed by atoms with Gasteiger partial charge in [0.25, 0.3) is 6.43 Å². The number of halogens is 3. The Labute approximate surface area is 117 Å². The fourth-order valence-electron chi connectivity index (χ4n) is 1.48. The molecule has 0 amide bonds. The average molecular weight is 333 g/mol. The number of Topliss-reactive ketones (excluding diaryl/α,β-unsaturated/α-hetero) is 1. The molecule has 0 radical (unpaired) electrons. The SMILES string of the molecule is CC(=O)C(Br)c1cc(C(F)F)ccc1C=CC(=O)O. The van der Waals surface area contributed by atoms with E-state index >= 15 is 0 Å². The summed E-state index contributed by atoms with van der Waals surface area (Å²) in [5.41, 5.74) is 0.514. The molecule has 19 heavy (non-hydrogen) atoms. The molecule has 1 aromatic carbocycles. The van der Waals surface area contributed by atoms with Crippen LogP contribution >= 0.6 is 15.9 Å². The summed E-state index contributed by atoms with van der Waals surface area (Å²) >= 11 is 3.12. The molecule has 0 aliphatic rings. The quantitative estimate of drug-likeness (QED) is 0.660. The van der Waals surface area contributed by atoms with E-state index in [4.69, 9.17) is 5.11 Å². The molecule has 0 aromatic heterocycles. The summed E-state index contributed by atoms with van der Waals surface area (Å²) in [5.74, 6) is -1.41. The van der Waals surface area contributed by atoms with E-state index in [0.29, 0.717) is 11.1 Å². The Bertz CT molecular complexity index is 527. The molecule has 0 bridgehead atoms. The zero-order chi connectivity index (χ0) is 14.6. The molecule has 6 heteroatoms. The van der Waals surface area contributed by atoms with Crippen LogP contribution in [0, 0.1) is 0 Å². The van der Waals surface area contributed by atoms with E-state index in [2.05, 4.69) is 15.9 Å². The first-order valence-electron chi connectivity index (χ1n) is 5.30. The fourth-order valence-corrected chi connectivity index (χ4v) is 1.88. The number of carboxylic acid groups (broad SMARTS) is 1. The van der Waals surface area contributed by atoms with Crippen molar-refractivity contribution in [2.24, 2.45) is 0 Å². The third kappa shape index (κ3) is 4.24. The molecule has 0 saturated carbocycles. The second-order valence-corrected chi connectivity index (χ2v) is 4.75. The first-order valence-corrected chi connectivity index (χ1v) is 6.22. The van der Waals surface area contributed by atoms with E-state index in [1.807, 2.05) is 0 Å². The number of carbonyl (C=O) groups excluding carboxylic acids is 1. The van der Waals surface area contributed by atoms with Gasteiger partial charge in [0, 0.05) is 11.6 Å². The third-order valence-corrected chi connectivity index (χ3v) is 3.54. The summed E-state index contributed by atoms with van der Waals surface area (Å²) in [6.07, 6.45) is -0.492. The fraction of sp³-hybridized carbons (Fsp3) is 0.231. The predicted molar refractivity (Wildman–Crippen MR) is 70.4 cm³/mol. The maximum atomic E-state index is 12.6. The Morgan fingerprint density at radius 1 is 1.37 bits per heavy atom. The van der Waals surface area contributed by atoms with Gasteiger partial charge in [0.1, 0.15) is 5.78 Å². The molecular weight excluding hydrogens is 322 g/mol. The lowest BCUT2D eigenvalue weighted by Gasteiger charge is -2.12. The van der Waals surface area contributed by atoms with Crippen LogP contribution in [0.1, 0.15) is 34.9 Å². The molecule has 0 spiro atoms. The molecule has 0 heterocycles. The maximum Gasteiger partial charge on any atom is 0.328 e. The van der Waals surface area contributed by atoms with Crippen LogP contribution in [-0.2, 0) is 9.59 Å². The summed E-state index contributed by atoms with van der Waals surface area (Å²) in [6.45, 7) is 1.32. The van der Waals surface area contributed by atoms with Crippen LogP contribution in [0.5, 0.6) is 0 Å². The van der Waals surface area contributed by atoms with Crippen molar-refractivity contribution in [1.82, 2.24) is 0 Å². The Morgan fingerprint density at radius 2 is 2.00 bits per heavy atom. The van der Waals surface area contributed by atoms with Crippen LogP contribution in [0.3, 0.4) is 0 Å². The van der Waals surface area contributed by atoms with E-state index in [9.17, 15) is 18.4 Å². The number of hydrogen-bond donors (Lipinski definition) is 1. The summed E-state index contributed by atoms with van der Waals surface area (Å²) in [4.78, 5) is 21.1. The molecule has 0 saturated heterocycles. The number of hydrogen-bond acceptors (Lipinski definition) is 2. The zero-order valence-electron chi connectivity index (χ0n) is 9.94. The van der Waals surface area contributed by atoms with Crippen molar-refractivity contribution in [1.29, 1.82) is 0 Å². The number of aliphatic carboxylic acids is 1. The molecule has 102 valence electrons. The average Bonchev–Trinajstić information content (AvgIpc) is 2.34. The molecule has 0 fully saturated rings. The first-order chi connectivity index (χ1) is 8.82. The van der Waals surface area contributed by atoms with Gasteiger partial charge in [-0.05, 0) is 30.2 Å². The van der Waals surface area contributed by atoms with Crippen molar-refractivity contribution < 1.29 is 23.5 Å². The lowest BCUT2D eigenvalue weighted by Crippen LogP contribution is -2.04. The van der Waals surface area contributed by atoms with Gasteiger partial charge < -0.3 is 5.11 Å². The highest BCUT2D eigenvalue weighted by molar-refractivity contribution is 9.09. The molecule has 1 aromatic rings. The van der Waals surface area contributed by atoms with Crippen molar-refractivity contribution in [2.75, 3.05) is 0 Å². The number of alkyl halides is 3. The first kappa shape index (κ1) is 15.5. The minimum absolute atomic E-state index is 0.215. The topological polar surface area (TPSA) is 54.4 Å². The number of carbonyl (C=O) groups is 2. The molecule has 0 aliphatic heterocycles. The van der Waals surface area contributed by atoms with Gasteiger partial charge in [-0.2, -0.15) is 0 Å². The largest absolute Gasteiger partial charge is 0.478 e. The number of benzene rings is 1. The Kier molecular flexibility index (Phi) is 5.35. The molecule has 0 aliphatic carbocycles. The molecule has 3 nitrogen and oxygen atoms in total. The van der Waals surface area contributed by atoms with Gasteiger partial charge in [-0.3, -0.25) is 4.79 Å². The van der Waals surface area contributed by atoms with Crippen LogP contribution in [-0.4, -0.2) is 16.9 Å². The molecule has 1 rings (SSSR count). The van der Waals surface area contributed by atoms with Crippen LogP contribution in [0.2, 0.25) is 0 Å². The predicted octanol–water partition coefficient (Wildman–Crippen LogP) is 3.75. The lowest BCUT2D eigenvalue weighted by atomic mass is 9.99. The highest BCUT2D eigenvalue weighted by Gasteiger charge is 2.18. The highest BCUT2D eigenvalue weighted by atomic mass is 79.9. The van der Waals surface area contributed by atoms with E-state index < -0.39 is 17.2 Å². The number of rotatable bonds is 5.